The van der Waals surface area contributed by atoms with Crippen molar-refractivity contribution < 1.29 is 14.3 Å². The van der Waals surface area contributed by atoms with E-state index in [-0.39, 0.29) is 24.5 Å². The summed E-state index contributed by atoms with van der Waals surface area (Å²) in [5.74, 6) is -0.477. The largest absolute Gasteiger partial charge is 0.371 e. The summed E-state index contributed by atoms with van der Waals surface area (Å²) in [7, 11) is 0. The van der Waals surface area contributed by atoms with Crippen molar-refractivity contribution in [2.75, 3.05) is 50.8 Å². The first-order chi connectivity index (χ1) is 15.5. The second-order valence-corrected chi connectivity index (χ2v) is 8.59. The van der Waals surface area contributed by atoms with Gasteiger partial charge in [0, 0.05) is 38.4 Å². The number of benzene rings is 2. The zero-order valence-corrected chi connectivity index (χ0v) is 18.9. The van der Waals surface area contributed by atoms with Gasteiger partial charge in [-0.2, -0.15) is 0 Å². The van der Waals surface area contributed by atoms with Gasteiger partial charge in [-0.1, -0.05) is 35.9 Å². The fraction of sp³-hybridized carbons (Fsp3) is 0.385. The van der Waals surface area contributed by atoms with E-state index < -0.39 is 0 Å². The minimum absolute atomic E-state index is 0.238. The Labute approximate surface area is 190 Å². The summed E-state index contributed by atoms with van der Waals surface area (Å²) in [4.78, 5) is 31.6. The summed E-state index contributed by atoms with van der Waals surface area (Å²) >= 11 is 0. The number of hydrogen-bond acceptors (Lipinski definition) is 5. The average molecular weight is 434 g/mol. The van der Waals surface area contributed by atoms with Crippen LogP contribution in [0.25, 0.3) is 0 Å². The van der Waals surface area contributed by atoms with E-state index in [1.54, 1.807) is 30.3 Å². The van der Waals surface area contributed by atoms with Gasteiger partial charge in [-0.15, -0.1) is 6.58 Å². The van der Waals surface area contributed by atoms with E-state index in [0.717, 1.165) is 26.2 Å². The summed E-state index contributed by atoms with van der Waals surface area (Å²) < 4.78 is 5.98. The third kappa shape index (κ3) is 4.61. The second kappa shape index (κ2) is 9.67. The molecule has 1 unspecified atom stereocenters. The van der Waals surface area contributed by atoms with E-state index in [1.807, 2.05) is 0 Å². The molecule has 6 nitrogen and oxygen atoms in total. The van der Waals surface area contributed by atoms with Gasteiger partial charge in [0.15, 0.2) is 0 Å². The lowest BCUT2D eigenvalue weighted by atomic mass is 10.1. The van der Waals surface area contributed by atoms with Gasteiger partial charge in [-0.25, -0.2) is 0 Å². The molecule has 0 aromatic heterocycles. The molecule has 1 fully saturated rings. The van der Waals surface area contributed by atoms with Crippen LogP contribution >= 0.6 is 0 Å². The smallest absolute Gasteiger partial charge is 0.261 e. The van der Waals surface area contributed by atoms with Crippen molar-refractivity contribution in [1.29, 1.82) is 0 Å². The van der Waals surface area contributed by atoms with Gasteiger partial charge in [-0.05, 0) is 37.6 Å². The van der Waals surface area contributed by atoms with Crippen LogP contribution in [-0.4, -0.2) is 73.6 Å². The lowest BCUT2D eigenvalue weighted by Gasteiger charge is -2.38. The SMILES string of the molecule is C=CCOC(CN1CCN(c2ccc(C)cc2C)CC1)CN1C(=O)c2ccccc2C1=O. The number of aryl methyl sites for hydroxylation is 2. The molecule has 0 radical (unpaired) electrons. The maximum atomic E-state index is 12.8. The number of ether oxygens (including phenoxy) is 1. The maximum Gasteiger partial charge on any atom is 0.261 e. The highest BCUT2D eigenvalue weighted by molar-refractivity contribution is 6.21. The number of imide groups is 1. The molecule has 2 aliphatic rings. The molecule has 1 saturated heterocycles. The van der Waals surface area contributed by atoms with Crippen LogP contribution in [0.15, 0.2) is 55.1 Å². The minimum Gasteiger partial charge on any atom is -0.371 e. The van der Waals surface area contributed by atoms with E-state index >= 15 is 0 Å². The fourth-order valence-corrected chi connectivity index (χ4v) is 4.60. The second-order valence-electron chi connectivity index (χ2n) is 8.59. The van der Waals surface area contributed by atoms with Crippen molar-refractivity contribution in [3.8, 4) is 0 Å². The fourth-order valence-electron chi connectivity index (χ4n) is 4.60. The molecule has 1 atom stereocenters. The van der Waals surface area contributed by atoms with E-state index in [0.29, 0.717) is 24.3 Å². The van der Waals surface area contributed by atoms with Gasteiger partial charge in [0.05, 0.1) is 30.4 Å². The summed E-state index contributed by atoms with van der Waals surface area (Å²) in [5, 5.41) is 0. The number of carbonyl (C=O) groups excluding carboxylic acids is 2. The highest BCUT2D eigenvalue weighted by atomic mass is 16.5. The molecule has 0 spiro atoms. The molecule has 168 valence electrons. The molecule has 2 heterocycles. The van der Waals surface area contributed by atoms with Crippen LogP contribution in [-0.2, 0) is 4.74 Å². The Morgan fingerprint density at radius 2 is 1.62 bits per heavy atom. The molecule has 0 N–H and O–H groups in total. The van der Waals surface area contributed by atoms with Crippen LogP contribution in [0, 0.1) is 13.8 Å². The molecular formula is C26H31N3O3. The molecule has 2 aromatic carbocycles. The van der Waals surface area contributed by atoms with Gasteiger partial charge < -0.3 is 9.64 Å². The van der Waals surface area contributed by atoms with E-state index in [9.17, 15) is 9.59 Å². The Balaban J connectivity index is 1.38. The van der Waals surface area contributed by atoms with Gasteiger partial charge in [0.2, 0.25) is 0 Å². The summed E-state index contributed by atoms with van der Waals surface area (Å²) in [5.41, 5.74) is 4.82. The van der Waals surface area contributed by atoms with Crippen LogP contribution < -0.4 is 4.90 Å². The molecule has 0 saturated carbocycles. The Morgan fingerprint density at radius 1 is 0.969 bits per heavy atom. The van der Waals surface area contributed by atoms with Crippen LogP contribution in [0.2, 0.25) is 0 Å². The number of fused-ring (bicyclic) bond motifs is 1. The van der Waals surface area contributed by atoms with Crippen molar-refractivity contribution in [3.63, 3.8) is 0 Å². The first-order valence-corrected chi connectivity index (χ1v) is 11.2. The van der Waals surface area contributed by atoms with Gasteiger partial charge in [0.25, 0.3) is 11.8 Å². The van der Waals surface area contributed by atoms with Crippen molar-refractivity contribution in [3.05, 3.63) is 77.4 Å². The maximum absolute atomic E-state index is 12.8. The minimum atomic E-state index is -0.261. The Kier molecular flexibility index (Phi) is 6.72. The number of hydrogen-bond donors (Lipinski definition) is 0. The van der Waals surface area contributed by atoms with Crippen molar-refractivity contribution in [1.82, 2.24) is 9.80 Å². The summed E-state index contributed by atoms with van der Waals surface area (Å²) in [6.45, 7) is 13.0. The highest BCUT2D eigenvalue weighted by Crippen LogP contribution is 2.24. The number of carbonyl (C=O) groups is 2. The number of rotatable bonds is 8. The topological polar surface area (TPSA) is 53.1 Å². The van der Waals surface area contributed by atoms with Crippen molar-refractivity contribution >= 4 is 17.5 Å². The summed E-state index contributed by atoms with van der Waals surface area (Å²) in [6.07, 6.45) is 1.44. The van der Waals surface area contributed by atoms with E-state index in [1.165, 1.54) is 21.7 Å². The summed E-state index contributed by atoms with van der Waals surface area (Å²) in [6, 6.07) is 13.6. The molecule has 0 aliphatic carbocycles. The first kappa shape index (κ1) is 22.2. The van der Waals surface area contributed by atoms with Crippen molar-refractivity contribution in [2.45, 2.75) is 20.0 Å². The number of anilines is 1. The van der Waals surface area contributed by atoms with Gasteiger partial charge >= 0.3 is 0 Å². The molecule has 0 bridgehead atoms. The Hall–Kier alpha value is -2.96. The molecular weight excluding hydrogens is 402 g/mol. The average Bonchev–Trinajstić information content (AvgIpc) is 3.03. The number of piperazine rings is 1. The third-order valence-corrected chi connectivity index (χ3v) is 6.24. The number of nitrogens with zero attached hydrogens (tertiary/aromatic N) is 3. The molecule has 2 aromatic rings. The molecule has 6 heteroatoms. The lowest BCUT2D eigenvalue weighted by Crippen LogP contribution is -2.51. The Bertz CT molecular complexity index is 976. The van der Waals surface area contributed by atoms with Crippen LogP contribution in [0.1, 0.15) is 31.8 Å². The van der Waals surface area contributed by atoms with E-state index in [2.05, 4.69) is 48.4 Å². The molecule has 4 rings (SSSR count). The Morgan fingerprint density at radius 3 is 2.22 bits per heavy atom. The lowest BCUT2D eigenvalue weighted by molar-refractivity contribution is 0.0171. The zero-order chi connectivity index (χ0) is 22.7. The standard InChI is InChI=1S/C26H31N3O3/c1-4-15-32-21(18-29-25(30)22-7-5-6-8-23(22)26(29)31)17-27-11-13-28(14-12-27)24-10-9-19(2)16-20(24)3/h4-10,16,21H,1,11-15,17-18H2,2-3H3. The highest BCUT2D eigenvalue weighted by Gasteiger charge is 2.37. The van der Waals surface area contributed by atoms with Gasteiger partial charge in [0.1, 0.15) is 0 Å². The zero-order valence-electron chi connectivity index (χ0n) is 18.9. The van der Waals surface area contributed by atoms with Gasteiger partial charge in [-0.3, -0.25) is 19.4 Å². The molecule has 32 heavy (non-hydrogen) atoms. The third-order valence-electron chi connectivity index (χ3n) is 6.24. The van der Waals surface area contributed by atoms with Crippen LogP contribution in [0.3, 0.4) is 0 Å². The predicted molar refractivity (Wildman–Crippen MR) is 126 cm³/mol. The molecule has 2 amide bonds. The normalized spacial score (nSPS) is 17.6. The van der Waals surface area contributed by atoms with Crippen molar-refractivity contribution in [2.24, 2.45) is 0 Å². The first-order valence-electron chi connectivity index (χ1n) is 11.2. The number of amides is 2. The monoisotopic (exact) mass is 433 g/mol. The quantitative estimate of drug-likeness (QED) is 0.472. The van der Waals surface area contributed by atoms with E-state index in [4.69, 9.17) is 4.74 Å². The molecule has 2 aliphatic heterocycles. The van der Waals surface area contributed by atoms with Crippen LogP contribution in [0.4, 0.5) is 5.69 Å². The predicted octanol–water partition coefficient (Wildman–Crippen LogP) is 3.29. The van der Waals surface area contributed by atoms with Crippen LogP contribution in [0.5, 0.6) is 0 Å².